The molecule has 1 N–H and O–H groups in total. The lowest BCUT2D eigenvalue weighted by Gasteiger charge is -2.11. The number of carbonyl (C=O) groups excluding carboxylic acids is 1. The first-order valence-electron chi connectivity index (χ1n) is 8.37. The smallest absolute Gasteiger partial charge is 0.276 e. The van der Waals surface area contributed by atoms with Gasteiger partial charge in [0.05, 0.1) is 23.2 Å². The maximum atomic E-state index is 12.2. The number of nitrogens with zero attached hydrogens (tertiary/aromatic N) is 3. The molecule has 3 rings (SSSR count). The number of ether oxygens (including phenoxy) is 1. The Morgan fingerprint density at radius 2 is 2.04 bits per heavy atom. The van der Waals surface area contributed by atoms with Gasteiger partial charge in [-0.25, -0.2) is 4.68 Å². The first-order chi connectivity index (χ1) is 13.5. The van der Waals surface area contributed by atoms with Crippen LogP contribution in [0, 0.1) is 17.0 Å². The molecular weight excluding hydrogens is 384 g/mol. The molecule has 3 aromatic rings. The van der Waals surface area contributed by atoms with E-state index in [0.717, 1.165) is 5.56 Å². The third kappa shape index (κ3) is 4.47. The van der Waals surface area contributed by atoms with Crippen molar-refractivity contribution >= 4 is 29.0 Å². The number of carbonyl (C=O) groups is 1. The second kappa shape index (κ2) is 8.53. The molecule has 1 heterocycles. The lowest BCUT2D eigenvalue weighted by atomic mass is 10.2. The lowest BCUT2D eigenvalue weighted by Crippen LogP contribution is -2.22. The van der Waals surface area contributed by atoms with Gasteiger partial charge in [-0.3, -0.25) is 14.9 Å². The fourth-order valence-corrected chi connectivity index (χ4v) is 2.83. The Balaban J connectivity index is 1.64. The van der Waals surface area contributed by atoms with Crippen molar-refractivity contribution < 1.29 is 14.5 Å². The van der Waals surface area contributed by atoms with Gasteiger partial charge in [0.2, 0.25) is 0 Å². The quantitative estimate of drug-likeness (QED) is 0.480. The highest BCUT2D eigenvalue weighted by Gasteiger charge is 2.15. The van der Waals surface area contributed by atoms with Crippen LogP contribution in [0.1, 0.15) is 11.1 Å². The summed E-state index contributed by atoms with van der Waals surface area (Å²) in [5.41, 5.74) is 1.17. The van der Waals surface area contributed by atoms with Crippen molar-refractivity contribution in [2.75, 3.05) is 11.9 Å². The van der Waals surface area contributed by atoms with Gasteiger partial charge in [0.15, 0.2) is 6.61 Å². The van der Waals surface area contributed by atoms with Crippen LogP contribution >= 0.6 is 11.6 Å². The van der Waals surface area contributed by atoms with Gasteiger partial charge >= 0.3 is 0 Å². The summed E-state index contributed by atoms with van der Waals surface area (Å²) in [6, 6.07) is 13.5. The fourth-order valence-electron chi connectivity index (χ4n) is 2.63. The predicted octanol–water partition coefficient (Wildman–Crippen LogP) is 3.82. The lowest BCUT2D eigenvalue weighted by molar-refractivity contribution is -0.385. The summed E-state index contributed by atoms with van der Waals surface area (Å²) in [5.74, 6) is 0.366. The summed E-state index contributed by atoms with van der Waals surface area (Å²) in [7, 11) is 0. The van der Waals surface area contributed by atoms with Crippen LogP contribution in [-0.4, -0.2) is 27.2 Å². The highest BCUT2D eigenvalue weighted by Crippen LogP contribution is 2.27. The third-order valence-corrected chi connectivity index (χ3v) is 4.44. The van der Waals surface area contributed by atoms with Gasteiger partial charge < -0.3 is 10.1 Å². The summed E-state index contributed by atoms with van der Waals surface area (Å²) < 4.78 is 7.06. The van der Waals surface area contributed by atoms with Crippen molar-refractivity contribution in [2.45, 2.75) is 13.5 Å². The molecule has 0 aliphatic rings. The molecular formula is C19H17ClN4O4. The highest BCUT2D eigenvalue weighted by molar-refractivity contribution is 6.31. The normalized spacial score (nSPS) is 10.5. The van der Waals surface area contributed by atoms with Gasteiger partial charge in [-0.2, -0.15) is 5.10 Å². The monoisotopic (exact) mass is 400 g/mol. The fraction of sp³-hybridized carbons (Fsp3) is 0.158. The average molecular weight is 401 g/mol. The van der Waals surface area contributed by atoms with Crippen LogP contribution in [0.2, 0.25) is 5.02 Å². The van der Waals surface area contributed by atoms with Crippen molar-refractivity contribution in [3.05, 3.63) is 81.0 Å². The van der Waals surface area contributed by atoms with Crippen molar-refractivity contribution in [1.29, 1.82) is 0 Å². The molecule has 0 spiro atoms. The summed E-state index contributed by atoms with van der Waals surface area (Å²) in [5, 5.41) is 18.5. The van der Waals surface area contributed by atoms with Gasteiger partial charge in [0.25, 0.3) is 11.6 Å². The summed E-state index contributed by atoms with van der Waals surface area (Å²) in [6.45, 7) is 1.68. The van der Waals surface area contributed by atoms with E-state index in [0.29, 0.717) is 22.9 Å². The zero-order chi connectivity index (χ0) is 20.1. The number of nitrogens with one attached hydrogen (secondary N) is 1. The first kappa shape index (κ1) is 19.4. The molecule has 144 valence electrons. The minimum absolute atomic E-state index is 0.0595. The summed E-state index contributed by atoms with van der Waals surface area (Å²) >= 11 is 6.17. The van der Waals surface area contributed by atoms with E-state index in [-0.39, 0.29) is 18.0 Å². The van der Waals surface area contributed by atoms with Crippen LogP contribution < -0.4 is 10.1 Å². The van der Waals surface area contributed by atoms with E-state index in [4.69, 9.17) is 16.3 Å². The Bertz CT molecular complexity index is 1020. The van der Waals surface area contributed by atoms with Crippen molar-refractivity contribution in [3.8, 4) is 5.75 Å². The molecule has 0 unspecified atom stereocenters. The number of rotatable bonds is 7. The molecule has 0 saturated carbocycles. The predicted molar refractivity (Wildman–Crippen MR) is 105 cm³/mol. The summed E-state index contributed by atoms with van der Waals surface area (Å²) in [6.07, 6.45) is 1.57. The molecule has 0 aliphatic heterocycles. The van der Waals surface area contributed by atoms with Crippen LogP contribution in [0.25, 0.3) is 0 Å². The third-order valence-electron chi connectivity index (χ3n) is 4.07. The Morgan fingerprint density at radius 3 is 2.79 bits per heavy atom. The summed E-state index contributed by atoms with van der Waals surface area (Å²) in [4.78, 5) is 22.7. The molecule has 1 amide bonds. The Kier molecular flexibility index (Phi) is 5.90. The minimum atomic E-state index is -0.491. The number of anilines is 1. The van der Waals surface area contributed by atoms with Gasteiger partial charge in [-0.1, -0.05) is 35.9 Å². The molecule has 0 fully saturated rings. The van der Waals surface area contributed by atoms with Gasteiger partial charge in [0, 0.05) is 17.2 Å². The van der Waals surface area contributed by atoms with Crippen LogP contribution in [0.5, 0.6) is 5.75 Å². The number of aromatic nitrogens is 2. The van der Waals surface area contributed by atoms with Gasteiger partial charge in [-0.05, 0) is 24.6 Å². The zero-order valence-corrected chi connectivity index (χ0v) is 15.7. The van der Waals surface area contributed by atoms with Crippen molar-refractivity contribution in [2.24, 2.45) is 0 Å². The largest absolute Gasteiger partial charge is 0.483 e. The zero-order valence-electron chi connectivity index (χ0n) is 15.0. The van der Waals surface area contributed by atoms with E-state index in [1.807, 2.05) is 18.2 Å². The van der Waals surface area contributed by atoms with E-state index >= 15 is 0 Å². The number of hydrogen-bond donors (Lipinski definition) is 1. The molecule has 8 nitrogen and oxygen atoms in total. The Labute approximate surface area is 165 Å². The number of amides is 1. The number of nitro groups is 1. The molecule has 0 bridgehead atoms. The molecule has 0 radical (unpaired) electrons. The molecule has 28 heavy (non-hydrogen) atoms. The Hall–Kier alpha value is -3.39. The Morgan fingerprint density at radius 1 is 1.25 bits per heavy atom. The van der Waals surface area contributed by atoms with Crippen LogP contribution in [0.4, 0.5) is 11.5 Å². The standard InChI is InChI=1S/C19H17ClN4O4/c1-13-16(24(26)27)7-4-8-17(13)28-12-19(25)22-18-9-10-21-23(18)11-14-5-2-3-6-15(14)20/h2-10H,11-12H2,1H3,(H,22,25). The molecule has 0 saturated heterocycles. The van der Waals surface area contributed by atoms with Crippen LogP contribution in [-0.2, 0) is 11.3 Å². The number of halogens is 1. The SMILES string of the molecule is Cc1c(OCC(=O)Nc2ccnn2Cc2ccccc2Cl)cccc1[N+](=O)[O-]. The maximum Gasteiger partial charge on any atom is 0.276 e. The molecule has 1 aromatic heterocycles. The molecule has 0 aliphatic carbocycles. The highest BCUT2D eigenvalue weighted by atomic mass is 35.5. The number of hydrogen-bond acceptors (Lipinski definition) is 5. The topological polar surface area (TPSA) is 99.3 Å². The second-order valence-electron chi connectivity index (χ2n) is 5.96. The number of benzene rings is 2. The van der Waals surface area contributed by atoms with Gasteiger partial charge in [0.1, 0.15) is 11.6 Å². The molecule has 0 atom stereocenters. The van der Waals surface area contributed by atoms with Gasteiger partial charge in [-0.15, -0.1) is 0 Å². The van der Waals surface area contributed by atoms with E-state index in [2.05, 4.69) is 10.4 Å². The van der Waals surface area contributed by atoms with Crippen LogP contribution in [0.3, 0.4) is 0 Å². The van der Waals surface area contributed by atoms with E-state index in [9.17, 15) is 14.9 Å². The van der Waals surface area contributed by atoms with Crippen LogP contribution in [0.15, 0.2) is 54.7 Å². The minimum Gasteiger partial charge on any atom is -0.483 e. The second-order valence-corrected chi connectivity index (χ2v) is 6.37. The molecule has 2 aromatic carbocycles. The van der Waals surface area contributed by atoms with E-state index in [1.54, 1.807) is 36.0 Å². The van der Waals surface area contributed by atoms with E-state index < -0.39 is 10.8 Å². The maximum absolute atomic E-state index is 12.2. The van der Waals surface area contributed by atoms with Crippen molar-refractivity contribution in [3.63, 3.8) is 0 Å². The number of nitro benzene ring substituents is 1. The molecule has 9 heteroatoms. The van der Waals surface area contributed by atoms with E-state index in [1.165, 1.54) is 12.1 Å². The average Bonchev–Trinajstić information content (AvgIpc) is 3.09. The van der Waals surface area contributed by atoms with Crippen molar-refractivity contribution in [1.82, 2.24) is 9.78 Å². The first-order valence-corrected chi connectivity index (χ1v) is 8.75.